The second-order valence-corrected chi connectivity index (χ2v) is 2.92. The topological polar surface area (TPSA) is 42.7 Å². The van der Waals surface area contributed by atoms with Gasteiger partial charge in [-0.3, -0.25) is 0 Å². The van der Waals surface area contributed by atoms with Gasteiger partial charge in [-0.05, 0) is 6.92 Å². The Bertz CT molecular complexity index is 264. The molecule has 0 aliphatic carbocycles. The normalized spacial score (nSPS) is 10.2. The van der Waals surface area contributed by atoms with Gasteiger partial charge in [0.15, 0.2) is 0 Å². The van der Waals surface area contributed by atoms with Gasteiger partial charge >= 0.3 is 0 Å². The Morgan fingerprint density at radius 3 is 3.00 bits per heavy atom. The van der Waals surface area contributed by atoms with Crippen molar-refractivity contribution in [1.29, 1.82) is 0 Å². The summed E-state index contributed by atoms with van der Waals surface area (Å²) in [5.74, 6) is 0.941. The summed E-state index contributed by atoms with van der Waals surface area (Å²) in [6, 6.07) is 0. The maximum Gasteiger partial charge on any atom is 0.146 e. The maximum atomic E-state index is 3.93. The lowest BCUT2D eigenvalue weighted by Crippen LogP contribution is -2.17. The van der Waals surface area contributed by atoms with Gasteiger partial charge < -0.3 is 9.88 Å². The van der Waals surface area contributed by atoms with Gasteiger partial charge in [0.2, 0.25) is 0 Å². The lowest BCUT2D eigenvalue weighted by atomic mass is 10.3. The summed E-state index contributed by atoms with van der Waals surface area (Å²) in [7, 11) is 1.93. The van der Waals surface area contributed by atoms with Crippen molar-refractivity contribution in [1.82, 2.24) is 20.1 Å². The summed E-state index contributed by atoms with van der Waals surface area (Å²) in [5, 5.41) is 10.9. The van der Waals surface area contributed by atoms with Gasteiger partial charge in [0.1, 0.15) is 12.2 Å². The Morgan fingerprint density at radius 2 is 2.50 bits per heavy atom. The summed E-state index contributed by atoms with van der Waals surface area (Å²) < 4.78 is 1.89. The van der Waals surface area contributed by atoms with Gasteiger partial charge in [-0.15, -0.1) is 10.2 Å². The molecule has 0 radical (unpaired) electrons. The molecule has 0 aliphatic rings. The van der Waals surface area contributed by atoms with Crippen molar-refractivity contribution in [2.45, 2.75) is 13.5 Å². The van der Waals surface area contributed by atoms with Gasteiger partial charge in [0.05, 0.1) is 6.54 Å². The number of hydrogen-bond donors (Lipinski definition) is 1. The van der Waals surface area contributed by atoms with E-state index in [4.69, 9.17) is 0 Å². The first kappa shape index (κ1) is 8.93. The molecule has 66 valence electrons. The highest BCUT2D eigenvalue weighted by atomic mass is 15.3. The number of nitrogens with zero attached hydrogens (tertiary/aromatic N) is 3. The van der Waals surface area contributed by atoms with Crippen LogP contribution in [0.4, 0.5) is 0 Å². The van der Waals surface area contributed by atoms with E-state index in [1.807, 2.05) is 18.5 Å². The smallest absolute Gasteiger partial charge is 0.146 e. The van der Waals surface area contributed by atoms with Crippen LogP contribution in [0.1, 0.15) is 12.7 Å². The molecule has 0 bridgehead atoms. The Labute approximate surface area is 72.3 Å². The highest BCUT2D eigenvalue weighted by Crippen LogP contribution is 1.90. The molecule has 0 aromatic carbocycles. The first-order valence-electron chi connectivity index (χ1n) is 3.88. The minimum Gasteiger partial charge on any atom is -0.320 e. The zero-order valence-electron chi connectivity index (χ0n) is 7.54. The largest absolute Gasteiger partial charge is 0.320 e. The standard InChI is InChI=1S/C8H14N4/c1-7(2)4-9-5-8-11-10-6-12(8)3/h6,9H,1,4-5H2,2-3H3. The predicted molar refractivity (Wildman–Crippen MR) is 47.5 cm³/mol. The van der Waals surface area contributed by atoms with Crippen molar-refractivity contribution < 1.29 is 0 Å². The molecule has 0 saturated heterocycles. The molecule has 1 rings (SSSR count). The summed E-state index contributed by atoms with van der Waals surface area (Å²) in [4.78, 5) is 0. The fourth-order valence-electron chi connectivity index (χ4n) is 0.855. The molecule has 1 N–H and O–H groups in total. The van der Waals surface area contributed by atoms with E-state index in [2.05, 4.69) is 22.1 Å². The molecule has 1 aromatic rings. The van der Waals surface area contributed by atoms with Crippen LogP contribution in [0.15, 0.2) is 18.5 Å². The number of hydrogen-bond acceptors (Lipinski definition) is 3. The van der Waals surface area contributed by atoms with Crippen molar-refractivity contribution in [3.05, 3.63) is 24.3 Å². The molecule has 0 atom stereocenters. The molecule has 0 amide bonds. The van der Waals surface area contributed by atoms with Crippen LogP contribution in [0.25, 0.3) is 0 Å². The van der Waals surface area contributed by atoms with Gasteiger partial charge in [-0.25, -0.2) is 0 Å². The highest BCUT2D eigenvalue weighted by molar-refractivity contribution is 4.92. The number of aromatic nitrogens is 3. The third-order valence-corrected chi connectivity index (χ3v) is 1.52. The average molecular weight is 166 g/mol. The Morgan fingerprint density at radius 1 is 1.75 bits per heavy atom. The van der Waals surface area contributed by atoms with E-state index in [-0.39, 0.29) is 0 Å². The van der Waals surface area contributed by atoms with Gasteiger partial charge in [0, 0.05) is 13.6 Å². The molecular weight excluding hydrogens is 152 g/mol. The fraction of sp³-hybridized carbons (Fsp3) is 0.500. The van der Waals surface area contributed by atoms with Crippen molar-refractivity contribution in [3.63, 3.8) is 0 Å². The molecule has 4 heteroatoms. The molecule has 4 nitrogen and oxygen atoms in total. The van der Waals surface area contributed by atoms with Crippen LogP contribution in [0, 0.1) is 0 Å². The summed E-state index contributed by atoms with van der Waals surface area (Å²) in [6.07, 6.45) is 1.69. The van der Waals surface area contributed by atoms with Crippen LogP contribution < -0.4 is 5.32 Å². The molecule has 0 fully saturated rings. The lowest BCUT2D eigenvalue weighted by Gasteiger charge is -2.02. The Hall–Kier alpha value is -1.16. The summed E-state index contributed by atoms with van der Waals surface area (Å²) in [5.41, 5.74) is 1.12. The molecule has 1 heterocycles. The second-order valence-electron chi connectivity index (χ2n) is 2.92. The number of aryl methyl sites for hydroxylation is 1. The van der Waals surface area contributed by atoms with Crippen molar-refractivity contribution in [3.8, 4) is 0 Å². The molecule has 0 unspecified atom stereocenters. The van der Waals surface area contributed by atoms with E-state index in [1.54, 1.807) is 6.33 Å². The minimum atomic E-state index is 0.739. The van der Waals surface area contributed by atoms with E-state index in [0.29, 0.717) is 0 Å². The summed E-state index contributed by atoms with van der Waals surface area (Å²) >= 11 is 0. The van der Waals surface area contributed by atoms with Crippen LogP contribution in [-0.2, 0) is 13.6 Å². The molecule has 0 spiro atoms. The first-order chi connectivity index (χ1) is 5.70. The highest BCUT2D eigenvalue weighted by Gasteiger charge is 1.97. The molecule has 12 heavy (non-hydrogen) atoms. The Kier molecular flexibility index (Phi) is 2.99. The van der Waals surface area contributed by atoms with Gasteiger partial charge in [-0.2, -0.15) is 0 Å². The SMILES string of the molecule is C=C(C)CNCc1nncn1C. The van der Waals surface area contributed by atoms with E-state index >= 15 is 0 Å². The predicted octanol–water partition coefficient (Wildman–Crippen LogP) is 0.481. The maximum absolute atomic E-state index is 3.93. The molecule has 1 aromatic heterocycles. The van der Waals surface area contributed by atoms with Crippen LogP contribution >= 0.6 is 0 Å². The summed E-state index contributed by atoms with van der Waals surface area (Å²) in [6.45, 7) is 7.35. The number of nitrogens with one attached hydrogen (secondary N) is 1. The third-order valence-electron chi connectivity index (χ3n) is 1.52. The molecule has 0 saturated carbocycles. The van der Waals surface area contributed by atoms with Crippen LogP contribution in [-0.4, -0.2) is 21.3 Å². The monoisotopic (exact) mass is 166 g/mol. The fourth-order valence-corrected chi connectivity index (χ4v) is 0.855. The van der Waals surface area contributed by atoms with Crippen molar-refractivity contribution in [2.75, 3.05) is 6.54 Å². The van der Waals surface area contributed by atoms with Crippen LogP contribution in [0.3, 0.4) is 0 Å². The van der Waals surface area contributed by atoms with E-state index in [1.165, 1.54) is 0 Å². The lowest BCUT2D eigenvalue weighted by molar-refractivity contribution is 0.668. The van der Waals surface area contributed by atoms with Gasteiger partial charge in [0.25, 0.3) is 0 Å². The van der Waals surface area contributed by atoms with E-state index in [0.717, 1.165) is 24.5 Å². The third kappa shape index (κ3) is 2.47. The zero-order chi connectivity index (χ0) is 8.97. The van der Waals surface area contributed by atoms with E-state index in [9.17, 15) is 0 Å². The van der Waals surface area contributed by atoms with Crippen molar-refractivity contribution in [2.24, 2.45) is 7.05 Å². The Balaban J connectivity index is 2.33. The molecule has 0 aliphatic heterocycles. The molecular formula is C8H14N4. The van der Waals surface area contributed by atoms with Crippen LogP contribution in [0.2, 0.25) is 0 Å². The number of rotatable bonds is 4. The first-order valence-corrected chi connectivity index (χ1v) is 3.88. The quantitative estimate of drug-likeness (QED) is 0.662. The second kappa shape index (κ2) is 4.01. The van der Waals surface area contributed by atoms with Gasteiger partial charge in [-0.1, -0.05) is 12.2 Å². The van der Waals surface area contributed by atoms with E-state index < -0.39 is 0 Å². The minimum absolute atomic E-state index is 0.739. The van der Waals surface area contributed by atoms with Crippen LogP contribution in [0.5, 0.6) is 0 Å². The average Bonchev–Trinajstić information content (AvgIpc) is 2.36. The zero-order valence-corrected chi connectivity index (χ0v) is 7.54. The van der Waals surface area contributed by atoms with Crippen molar-refractivity contribution >= 4 is 0 Å².